The first-order valence-electron chi connectivity index (χ1n) is 3.14. The summed E-state index contributed by atoms with van der Waals surface area (Å²) in [6.07, 6.45) is 1.73. The summed E-state index contributed by atoms with van der Waals surface area (Å²) in [5.74, 6) is 0. The third-order valence-electron chi connectivity index (χ3n) is 1.23. The minimum Gasteiger partial charge on any atom is -0.386 e. The molecule has 60 valence electrons. The van der Waals surface area contributed by atoms with Gasteiger partial charge >= 0.3 is 0 Å². The topological polar surface area (TPSA) is 33.1 Å². The van der Waals surface area contributed by atoms with E-state index >= 15 is 0 Å². The summed E-state index contributed by atoms with van der Waals surface area (Å²) >= 11 is 4.69. The molecule has 0 spiro atoms. The van der Waals surface area contributed by atoms with Crippen LogP contribution in [0.2, 0.25) is 0 Å². The zero-order valence-electron chi connectivity index (χ0n) is 5.83. The largest absolute Gasteiger partial charge is 0.386 e. The Labute approximate surface area is 77.7 Å². The van der Waals surface area contributed by atoms with Crippen LogP contribution < -0.4 is 0 Å². The van der Waals surface area contributed by atoms with E-state index in [4.69, 9.17) is 0 Å². The Morgan fingerprint density at radius 3 is 3.09 bits per heavy atom. The molecule has 1 heterocycles. The lowest BCUT2D eigenvalue weighted by atomic mass is 10.2. The van der Waals surface area contributed by atoms with Crippen molar-refractivity contribution in [2.45, 2.75) is 12.5 Å². The number of nitrogens with zero attached hydrogens (tertiary/aromatic N) is 1. The lowest BCUT2D eigenvalue weighted by Gasteiger charge is -2.01. The Bertz CT molecular complexity index is 248. The summed E-state index contributed by atoms with van der Waals surface area (Å²) in [5, 5.41) is 11.2. The number of hydrogen-bond acceptors (Lipinski definition) is 3. The van der Waals surface area contributed by atoms with Gasteiger partial charge in [0.2, 0.25) is 0 Å². The number of halogens is 1. The monoisotopic (exact) mass is 233 g/mol. The summed E-state index contributed by atoms with van der Waals surface area (Å²) in [6, 6.07) is 0. The molecule has 1 aromatic rings. The summed E-state index contributed by atoms with van der Waals surface area (Å²) in [6.45, 7) is 3.54. The normalized spacial score (nSPS) is 12.9. The zero-order valence-corrected chi connectivity index (χ0v) is 8.23. The minimum absolute atomic E-state index is 0.505. The van der Waals surface area contributed by atoms with Gasteiger partial charge in [-0.05, 0) is 22.4 Å². The third kappa shape index (κ3) is 2.39. The van der Waals surface area contributed by atoms with Crippen LogP contribution in [0.25, 0.3) is 0 Å². The summed E-state index contributed by atoms with van der Waals surface area (Å²) in [7, 11) is 0. The molecular formula is C7H8BrNOS. The highest BCUT2D eigenvalue weighted by atomic mass is 79.9. The first-order chi connectivity index (χ1) is 5.24. The molecule has 0 aromatic carbocycles. The number of rotatable bonds is 3. The van der Waals surface area contributed by atoms with Crippen LogP contribution >= 0.6 is 27.3 Å². The standard InChI is InChI=1S/C7H8BrNOS/c1-2-3-6(10)5-4-11-7(8)9-5/h2,4,6,10H,1,3H2/t6-/m1/s1. The maximum absolute atomic E-state index is 9.39. The molecule has 4 heteroatoms. The molecule has 0 saturated heterocycles. The zero-order chi connectivity index (χ0) is 8.27. The van der Waals surface area contributed by atoms with Gasteiger partial charge in [-0.3, -0.25) is 0 Å². The highest BCUT2D eigenvalue weighted by molar-refractivity contribution is 9.11. The number of aliphatic hydroxyl groups excluding tert-OH is 1. The van der Waals surface area contributed by atoms with Crippen LogP contribution in [0, 0.1) is 0 Å². The Morgan fingerprint density at radius 1 is 1.91 bits per heavy atom. The number of thiazole rings is 1. The van der Waals surface area contributed by atoms with Gasteiger partial charge in [-0.1, -0.05) is 6.08 Å². The summed E-state index contributed by atoms with van der Waals surface area (Å²) < 4.78 is 0.801. The smallest absolute Gasteiger partial charge is 0.159 e. The van der Waals surface area contributed by atoms with E-state index in [1.807, 2.05) is 5.38 Å². The fourth-order valence-corrected chi connectivity index (χ4v) is 1.77. The van der Waals surface area contributed by atoms with Crippen molar-refractivity contribution in [2.24, 2.45) is 0 Å². The maximum atomic E-state index is 9.39. The van der Waals surface area contributed by atoms with Gasteiger partial charge in [0.1, 0.15) is 6.10 Å². The van der Waals surface area contributed by atoms with E-state index in [2.05, 4.69) is 27.5 Å². The summed E-state index contributed by atoms with van der Waals surface area (Å²) in [5.41, 5.74) is 0.710. The molecule has 1 N–H and O–H groups in total. The lowest BCUT2D eigenvalue weighted by Crippen LogP contribution is -1.94. The van der Waals surface area contributed by atoms with Gasteiger partial charge in [0.05, 0.1) is 5.69 Å². The number of hydrogen-bond donors (Lipinski definition) is 1. The maximum Gasteiger partial charge on any atom is 0.159 e. The molecule has 0 radical (unpaired) electrons. The Balaban J connectivity index is 2.67. The Morgan fingerprint density at radius 2 is 2.64 bits per heavy atom. The van der Waals surface area contributed by atoms with Crippen molar-refractivity contribution in [3.63, 3.8) is 0 Å². The first-order valence-corrected chi connectivity index (χ1v) is 4.81. The quantitative estimate of drug-likeness (QED) is 0.815. The second-order valence-corrected chi connectivity index (χ2v) is 4.20. The van der Waals surface area contributed by atoms with Crippen LogP contribution in [0.1, 0.15) is 18.2 Å². The van der Waals surface area contributed by atoms with E-state index in [9.17, 15) is 5.11 Å². The van der Waals surface area contributed by atoms with Crippen LogP contribution in [0.4, 0.5) is 0 Å². The van der Waals surface area contributed by atoms with Crippen LogP contribution in [-0.2, 0) is 0 Å². The highest BCUT2D eigenvalue weighted by Gasteiger charge is 2.08. The molecule has 0 amide bonds. The van der Waals surface area contributed by atoms with Crippen LogP contribution in [0.15, 0.2) is 22.0 Å². The van der Waals surface area contributed by atoms with Crippen molar-refractivity contribution < 1.29 is 5.11 Å². The molecule has 1 rings (SSSR count). The SMILES string of the molecule is C=CC[C@@H](O)c1csc(Br)n1. The van der Waals surface area contributed by atoms with Crippen LogP contribution in [0.3, 0.4) is 0 Å². The van der Waals surface area contributed by atoms with Gasteiger partial charge < -0.3 is 5.11 Å². The molecule has 0 bridgehead atoms. The average molecular weight is 234 g/mol. The van der Waals surface area contributed by atoms with E-state index in [1.54, 1.807) is 6.08 Å². The average Bonchev–Trinajstić information content (AvgIpc) is 2.36. The van der Waals surface area contributed by atoms with Crippen LogP contribution in [0.5, 0.6) is 0 Å². The van der Waals surface area contributed by atoms with Gasteiger partial charge in [-0.25, -0.2) is 4.98 Å². The van der Waals surface area contributed by atoms with Crippen molar-refractivity contribution in [1.82, 2.24) is 4.98 Å². The second-order valence-electron chi connectivity index (χ2n) is 2.07. The fraction of sp³-hybridized carbons (Fsp3) is 0.286. The third-order valence-corrected chi connectivity index (χ3v) is 2.61. The molecule has 1 aromatic heterocycles. The van der Waals surface area contributed by atoms with Crippen molar-refractivity contribution >= 4 is 27.3 Å². The molecule has 0 aliphatic heterocycles. The predicted octanol–water partition coefficient (Wildman–Crippen LogP) is 2.52. The second kappa shape index (κ2) is 3.99. The molecule has 0 aliphatic carbocycles. The van der Waals surface area contributed by atoms with Gasteiger partial charge in [0.15, 0.2) is 3.92 Å². The van der Waals surface area contributed by atoms with E-state index in [0.717, 1.165) is 3.92 Å². The van der Waals surface area contributed by atoms with Crippen LogP contribution in [-0.4, -0.2) is 10.1 Å². The van der Waals surface area contributed by atoms with E-state index in [-0.39, 0.29) is 0 Å². The van der Waals surface area contributed by atoms with Crippen molar-refractivity contribution in [3.05, 3.63) is 27.6 Å². The summed E-state index contributed by atoms with van der Waals surface area (Å²) in [4.78, 5) is 4.07. The Hall–Kier alpha value is -0.190. The predicted molar refractivity (Wildman–Crippen MR) is 49.6 cm³/mol. The molecule has 0 unspecified atom stereocenters. The van der Waals surface area contributed by atoms with Gasteiger partial charge in [-0.15, -0.1) is 17.9 Å². The van der Waals surface area contributed by atoms with E-state index in [1.165, 1.54) is 11.3 Å². The molecule has 0 aliphatic rings. The molecular weight excluding hydrogens is 226 g/mol. The van der Waals surface area contributed by atoms with E-state index in [0.29, 0.717) is 12.1 Å². The first kappa shape index (κ1) is 8.90. The van der Waals surface area contributed by atoms with Gasteiger partial charge in [0, 0.05) is 5.38 Å². The van der Waals surface area contributed by atoms with Crippen molar-refractivity contribution in [1.29, 1.82) is 0 Å². The van der Waals surface area contributed by atoms with Gasteiger partial charge in [0.25, 0.3) is 0 Å². The molecule has 2 nitrogen and oxygen atoms in total. The highest BCUT2D eigenvalue weighted by Crippen LogP contribution is 2.22. The molecule has 11 heavy (non-hydrogen) atoms. The number of aromatic nitrogens is 1. The van der Waals surface area contributed by atoms with Crippen molar-refractivity contribution in [3.8, 4) is 0 Å². The minimum atomic E-state index is -0.505. The van der Waals surface area contributed by atoms with E-state index < -0.39 is 6.10 Å². The molecule has 0 saturated carbocycles. The lowest BCUT2D eigenvalue weighted by molar-refractivity contribution is 0.177. The Kier molecular flexibility index (Phi) is 3.23. The fourth-order valence-electron chi connectivity index (χ4n) is 0.695. The number of aliphatic hydroxyl groups is 1. The van der Waals surface area contributed by atoms with Gasteiger partial charge in [-0.2, -0.15) is 0 Å². The molecule has 0 fully saturated rings. The molecule has 1 atom stereocenters. The van der Waals surface area contributed by atoms with Crippen molar-refractivity contribution in [2.75, 3.05) is 0 Å².